The fourth-order valence-electron chi connectivity index (χ4n) is 3.02. The van der Waals surface area contributed by atoms with Crippen LogP contribution in [0.2, 0.25) is 0 Å². The van der Waals surface area contributed by atoms with E-state index in [0.29, 0.717) is 5.78 Å². The molecule has 84 valence electrons. The van der Waals surface area contributed by atoms with E-state index >= 15 is 0 Å². The molecule has 0 N–H and O–H groups in total. The highest BCUT2D eigenvalue weighted by Gasteiger charge is 2.37. The van der Waals surface area contributed by atoms with Crippen molar-refractivity contribution < 1.29 is 9.59 Å². The lowest BCUT2D eigenvalue weighted by Crippen LogP contribution is -2.42. The van der Waals surface area contributed by atoms with E-state index < -0.39 is 0 Å². The first-order chi connectivity index (χ1) is 7.20. The van der Waals surface area contributed by atoms with Gasteiger partial charge in [0.15, 0.2) is 0 Å². The molecule has 1 aliphatic heterocycles. The minimum absolute atomic E-state index is 0.135. The van der Waals surface area contributed by atoms with Gasteiger partial charge in [0.2, 0.25) is 5.91 Å². The van der Waals surface area contributed by atoms with Crippen molar-refractivity contribution in [1.29, 1.82) is 0 Å². The van der Waals surface area contributed by atoms with E-state index in [1.165, 1.54) is 0 Å². The summed E-state index contributed by atoms with van der Waals surface area (Å²) in [7, 11) is 0. The van der Waals surface area contributed by atoms with Crippen molar-refractivity contribution in [3.8, 4) is 0 Å². The van der Waals surface area contributed by atoms with Gasteiger partial charge in [-0.15, -0.1) is 0 Å². The zero-order valence-electron chi connectivity index (χ0n) is 9.37. The molecule has 2 atom stereocenters. The summed E-state index contributed by atoms with van der Waals surface area (Å²) >= 11 is 0. The quantitative estimate of drug-likeness (QED) is 0.660. The Morgan fingerprint density at radius 2 is 2.07 bits per heavy atom. The summed E-state index contributed by atoms with van der Waals surface area (Å²) in [5.41, 5.74) is 0. The second-order valence-corrected chi connectivity index (χ2v) is 4.74. The molecule has 1 saturated heterocycles. The molecule has 15 heavy (non-hydrogen) atoms. The molecule has 1 heterocycles. The first-order valence-corrected chi connectivity index (χ1v) is 6.00. The summed E-state index contributed by atoms with van der Waals surface area (Å²) < 4.78 is 0. The molecule has 2 aliphatic rings. The smallest absolute Gasteiger partial charge is 0.219 e. The highest BCUT2D eigenvalue weighted by atomic mass is 16.2. The second-order valence-electron chi connectivity index (χ2n) is 4.74. The van der Waals surface area contributed by atoms with Crippen LogP contribution in [-0.4, -0.2) is 29.2 Å². The van der Waals surface area contributed by atoms with Crippen LogP contribution < -0.4 is 0 Å². The molecule has 1 saturated carbocycles. The third-order valence-corrected chi connectivity index (χ3v) is 3.77. The Morgan fingerprint density at radius 3 is 2.73 bits per heavy atom. The van der Waals surface area contributed by atoms with Gasteiger partial charge in [-0.05, 0) is 25.7 Å². The first kappa shape index (κ1) is 10.7. The summed E-state index contributed by atoms with van der Waals surface area (Å²) in [6, 6.07) is 0.218. The van der Waals surface area contributed by atoms with Crippen LogP contribution in [0.25, 0.3) is 0 Å². The van der Waals surface area contributed by atoms with Gasteiger partial charge in [0.05, 0.1) is 0 Å². The summed E-state index contributed by atoms with van der Waals surface area (Å²) in [6.45, 7) is 2.47. The first-order valence-electron chi connectivity index (χ1n) is 6.00. The molecule has 0 aromatic heterocycles. The van der Waals surface area contributed by atoms with Crippen LogP contribution in [0.3, 0.4) is 0 Å². The Labute approximate surface area is 90.8 Å². The molecule has 3 nitrogen and oxygen atoms in total. The number of amides is 1. The minimum atomic E-state index is 0.135. The highest BCUT2D eigenvalue weighted by Crippen LogP contribution is 2.32. The van der Waals surface area contributed by atoms with Gasteiger partial charge in [0.25, 0.3) is 0 Å². The number of carbonyl (C=O) groups is 2. The zero-order chi connectivity index (χ0) is 10.8. The van der Waals surface area contributed by atoms with Gasteiger partial charge in [-0.3, -0.25) is 9.59 Å². The normalized spacial score (nSPS) is 32.1. The van der Waals surface area contributed by atoms with Gasteiger partial charge < -0.3 is 4.90 Å². The molecule has 0 aromatic rings. The Morgan fingerprint density at radius 1 is 1.27 bits per heavy atom. The van der Waals surface area contributed by atoms with Crippen molar-refractivity contribution in [2.45, 2.75) is 51.5 Å². The van der Waals surface area contributed by atoms with E-state index in [1.54, 1.807) is 6.92 Å². The van der Waals surface area contributed by atoms with Crippen molar-refractivity contribution >= 4 is 11.7 Å². The molecule has 2 fully saturated rings. The molecule has 3 heteroatoms. The molecule has 2 rings (SSSR count). The third kappa shape index (κ3) is 2.06. The van der Waals surface area contributed by atoms with Gasteiger partial charge in [-0.25, -0.2) is 0 Å². The molecule has 2 unspecified atom stereocenters. The van der Waals surface area contributed by atoms with Crippen LogP contribution in [0.1, 0.15) is 45.4 Å². The lowest BCUT2D eigenvalue weighted by molar-refractivity contribution is -0.134. The summed E-state index contributed by atoms with van der Waals surface area (Å²) in [5.74, 6) is 0.667. The van der Waals surface area contributed by atoms with E-state index in [9.17, 15) is 9.59 Å². The van der Waals surface area contributed by atoms with E-state index in [1.807, 2.05) is 4.90 Å². The highest BCUT2D eigenvalue weighted by molar-refractivity contribution is 5.83. The maximum absolute atomic E-state index is 11.8. The minimum Gasteiger partial charge on any atom is -0.339 e. The molecule has 0 radical (unpaired) electrons. The molecular weight excluding hydrogens is 190 g/mol. The van der Waals surface area contributed by atoms with Crippen LogP contribution in [-0.2, 0) is 9.59 Å². The largest absolute Gasteiger partial charge is 0.339 e. The number of Topliss-reactive ketones (excluding diaryl/α,β-unsaturated/α-hetero) is 1. The monoisotopic (exact) mass is 209 g/mol. The number of likely N-dealkylation sites (tertiary alicyclic amines) is 1. The third-order valence-electron chi connectivity index (χ3n) is 3.77. The van der Waals surface area contributed by atoms with Gasteiger partial charge >= 0.3 is 0 Å². The number of nitrogens with zero attached hydrogens (tertiary/aromatic N) is 1. The molecule has 0 bridgehead atoms. The van der Waals surface area contributed by atoms with Crippen molar-refractivity contribution in [1.82, 2.24) is 4.90 Å². The molecule has 1 aliphatic carbocycles. The summed E-state index contributed by atoms with van der Waals surface area (Å²) in [6.07, 6.45) is 6.00. The lowest BCUT2D eigenvalue weighted by Gasteiger charge is -2.32. The number of ketones is 1. The van der Waals surface area contributed by atoms with Crippen molar-refractivity contribution in [2.24, 2.45) is 5.92 Å². The van der Waals surface area contributed by atoms with Gasteiger partial charge in [-0.2, -0.15) is 0 Å². The lowest BCUT2D eigenvalue weighted by atomic mass is 9.82. The number of carbonyl (C=O) groups excluding carboxylic acids is 2. The Balaban J connectivity index is 2.07. The average molecular weight is 209 g/mol. The van der Waals surface area contributed by atoms with E-state index in [-0.39, 0.29) is 17.9 Å². The van der Waals surface area contributed by atoms with Gasteiger partial charge in [-0.1, -0.05) is 6.42 Å². The predicted molar refractivity (Wildman–Crippen MR) is 57.4 cm³/mol. The van der Waals surface area contributed by atoms with Crippen LogP contribution in [0.4, 0.5) is 0 Å². The predicted octanol–water partition coefficient (Wildman–Crippen LogP) is 1.76. The standard InChI is InChI=1S/C12H19NO2/c1-9(14)13-8-4-6-11(13)10-5-2-3-7-12(10)15/h10-11H,2-8H2,1H3. The molecule has 1 amide bonds. The number of rotatable bonds is 1. The van der Waals surface area contributed by atoms with E-state index in [2.05, 4.69) is 0 Å². The Bertz CT molecular complexity index is 275. The zero-order valence-corrected chi connectivity index (χ0v) is 9.37. The van der Waals surface area contributed by atoms with Crippen molar-refractivity contribution in [2.75, 3.05) is 6.54 Å². The average Bonchev–Trinajstić information content (AvgIpc) is 2.67. The molecular formula is C12H19NO2. The van der Waals surface area contributed by atoms with Crippen molar-refractivity contribution in [3.05, 3.63) is 0 Å². The summed E-state index contributed by atoms with van der Waals surface area (Å²) in [4.78, 5) is 25.1. The van der Waals surface area contributed by atoms with Crippen LogP contribution in [0.15, 0.2) is 0 Å². The number of hydrogen-bond acceptors (Lipinski definition) is 2. The van der Waals surface area contributed by atoms with Crippen LogP contribution in [0, 0.1) is 5.92 Å². The van der Waals surface area contributed by atoms with E-state index in [0.717, 1.165) is 45.1 Å². The Kier molecular flexibility index (Phi) is 3.08. The second kappa shape index (κ2) is 4.33. The fourth-order valence-corrected chi connectivity index (χ4v) is 3.02. The maximum Gasteiger partial charge on any atom is 0.219 e. The van der Waals surface area contributed by atoms with Crippen LogP contribution in [0.5, 0.6) is 0 Å². The molecule has 0 aromatic carbocycles. The molecule has 0 spiro atoms. The van der Waals surface area contributed by atoms with Crippen molar-refractivity contribution in [3.63, 3.8) is 0 Å². The van der Waals surface area contributed by atoms with E-state index in [4.69, 9.17) is 0 Å². The SMILES string of the molecule is CC(=O)N1CCCC1C1CCCCC1=O. The topological polar surface area (TPSA) is 37.4 Å². The fraction of sp³-hybridized carbons (Fsp3) is 0.833. The van der Waals surface area contributed by atoms with Crippen LogP contribution >= 0.6 is 0 Å². The Hall–Kier alpha value is -0.860. The summed E-state index contributed by atoms with van der Waals surface area (Å²) in [5, 5.41) is 0. The maximum atomic E-state index is 11.8. The van der Waals surface area contributed by atoms with Gasteiger partial charge in [0.1, 0.15) is 5.78 Å². The van der Waals surface area contributed by atoms with Gasteiger partial charge in [0, 0.05) is 31.8 Å². The number of hydrogen-bond donors (Lipinski definition) is 0.